The van der Waals surface area contributed by atoms with Crippen LogP contribution in [0.3, 0.4) is 0 Å². The summed E-state index contributed by atoms with van der Waals surface area (Å²) in [5.74, 6) is -1.06. The number of H-pyrrole nitrogens is 1. The Morgan fingerprint density at radius 2 is 1.91 bits per heavy atom. The Hall–Kier alpha value is -3.08. The van der Waals surface area contributed by atoms with Gasteiger partial charge in [-0.3, -0.25) is 9.69 Å². The molecule has 0 atom stereocenters. The van der Waals surface area contributed by atoms with Crippen LogP contribution in [0.2, 0.25) is 5.02 Å². The number of carbonyl (C=O) groups is 2. The van der Waals surface area contributed by atoms with Crippen molar-refractivity contribution >= 4 is 40.1 Å². The maximum Gasteiger partial charge on any atom is 0.416 e. The van der Waals surface area contributed by atoms with E-state index in [9.17, 15) is 27.9 Å². The number of carbonyl (C=O) groups excluding carboxylic acids is 2. The van der Waals surface area contributed by atoms with E-state index in [1.165, 1.54) is 19.2 Å². The second-order valence-electron chi connectivity index (χ2n) is 8.49. The van der Waals surface area contributed by atoms with Crippen LogP contribution < -0.4 is 5.32 Å². The lowest BCUT2D eigenvalue weighted by Crippen LogP contribution is -2.45. The Morgan fingerprint density at radius 1 is 1.20 bits per heavy atom. The van der Waals surface area contributed by atoms with Crippen molar-refractivity contribution < 1.29 is 32.6 Å². The minimum atomic E-state index is -4.50. The molecule has 35 heavy (non-hydrogen) atoms. The summed E-state index contributed by atoms with van der Waals surface area (Å²) in [6, 6.07) is 9.64. The van der Waals surface area contributed by atoms with E-state index >= 15 is 0 Å². The van der Waals surface area contributed by atoms with E-state index in [0.29, 0.717) is 29.0 Å². The van der Waals surface area contributed by atoms with Crippen LogP contribution in [0.15, 0.2) is 42.5 Å². The van der Waals surface area contributed by atoms with Crippen molar-refractivity contribution in [2.24, 2.45) is 0 Å². The SMILES string of the molecule is COC(=O)c1[nH]c2ccc(Cl)cc2c1NC(=O)CN1CCC(O)(c2cccc(C(F)(F)F)c2)CC1. The van der Waals surface area contributed by atoms with E-state index in [1.807, 2.05) is 0 Å². The Kier molecular flexibility index (Phi) is 6.81. The van der Waals surface area contributed by atoms with Crippen molar-refractivity contribution in [3.8, 4) is 0 Å². The molecule has 0 spiro atoms. The molecule has 11 heteroatoms. The maximum absolute atomic E-state index is 13.1. The third kappa shape index (κ3) is 5.29. The highest BCUT2D eigenvalue weighted by atomic mass is 35.5. The normalized spacial score (nSPS) is 16.3. The lowest BCUT2D eigenvalue weighted by Gasteiger charge is -2.38. The summed E-state index contributed by atoms with van der Waals surface area (Å²) >= 11 is 6.08. The summed E-state index contributed by atoms with van der Waals surface area (Å²) in [4.78, 5) is 29.7. The molecule has 0 unspecified atom stereocenters. The molecule has 0 aliphatic carbocycles. The third-order valence-corrected chi connectivity index (χ3v) is 6.43. The molecule has 4 rings (SSSR count). The van der Waals surface area contributed by atoms with Crippen molar-refractivity contribution in [2.45, 2.75) is 24.6 Å². The number of hydrogen-bond donors (Lipinski definition) is 3. The molecule has 3 aromatic rings. The first-order valence-electron chi connectivity index (χ1n) is 10.8. The van der Waals surface area contributed by atoms with E-state index in [2.05, 4.69) is 10.3 Å². The first-order chi connectivity index (χ1) is 16.5. The summed E-state index contributed by atoms with van der Waals surface area (Å²) < 4.78 is 44.0. The predicted octanol–water partition coefficient (Wildman–Crippen LogP) is 4.55. The molecular formula is C24H23ClF3N3O4. The van der Waals surface area contributed by atoms with Gasteiger partial charge in [0, 0.05) is 29.0 Å². The third-order valence-electron chi connectivity index (χ3n) is 6.19. The fourth-order valence-corrected chi connectivity index (χ4v) is 4.46. The zero-order valence-corrected chi connectivity index (χ0v) is 19.5. The number of amides is 1. The molecule has 2 heterocycles. The maximum atomic E-state index is 13.1. The monoisotopic (exact) mass is 509 g/mol. The molecule has 2 aromatic carbocycles. The second kappa shape index (κ2) is 9.52. The highest BCUT2D eigenvalue weighted by Gasteiger charge is 2.37. The summed E-state index contributed by atoms with van der Waals surface area (Å²) in [7, 11) is 1.23. The van der Waals surface area contributed by atoms with E-state index in [0.717, 1.165) is 12.1 Å². The van der Waals surface area contributed by atoms with Crippen LogP contribution in [0.1, 0.15) is 34.5 Å². The summed E-state index contributed by atoms with van der Waals surface area (Å²) in [5, 5.41) is 14.7. The van der Waals surface area contributed by atoms with Gasteiger partial charge in [0.1, 0.15) is 5.69 Å². The smallest absolute Gasteiger partial charge is 0.416 e. The molecule has 3 N–H and O–H groups in total. The number of aliphatic hydroxyl groups is 1. The fourth-order valence-electron chi connectivity index (χ4n) is 4.29. The highest BCUT2D eigenvalue weighted by Crippen LogP contribution is 2.37. The zero-order chi connectivity index (χ0) is 25.4. The number of alkyl halides is 3. The summed E-state index contributed by atoms with van der Waals surface area (Å²) in [6.07, 6.45) is -4.17. The number of esters is 1. The molecule has 0 bridgehead atoms. The van der Waals surface area contributed by atoms with Gasteiger partial charge in [0.25, 0.3) is 0 Å². The molecule has 186 valence electrons. The standard InChI is InChI=1S/C24H23ClF3N3O4/c1-35-22(33)21-20(17-12-16(25)5-6-18(17)29-21)30-19(32)13-31-9-7-23(34,8-10-31)14-3-2-4-15(11-14)24(26,27)28/h2-6,11-12,29,34H,7-10,13H2,1H3,(H,30,32). The Bertz CT molecular complexity index is 1270. The first-order valence-corrected chi connectivity index (χ1v) is 11.2. The number of ether oxygens (including phenoxy) is 1. The van der Waals surface area contributed by atoms with Gasteiger partial charge in [0.2, 0.25) is 5.91 Å². The van der Waals surface area contributed by atoms with Crippen LogP contribution in [0.5, 0.6) is 0 Å². The van der Waals surface area contributed by atoms with Gasteiger partial charge in [-0.1, -0.05) is 23.7 Å². The second-order valence-corrected chi connectivity index (χ2v) is 8.93. The molecule has 1 amide bonds. The van der Waals surface area contributed by atoms with Gasteiger partial charge in [0.15, 0.2) is 0 Å². The van der Waals surface area contributed by atoms with Gasteiger partial charge >= 0.3 is 12.1 Å². The van der Waals surface area contributed by atoms with Gasteiger partial charge in [-0.05, 0) is 48.7 Å². The topological polar surface area (TPSA) is 94.7 Å². The fraction of sp³-hybridized carbons (Fsp3) is 0.333. The summed E-state index contributed by atoms with van der Waals surface area (Å²) in [6.45, 7) is 0.556. The van der Waals surface area contributed by atoms with E-state index in [1.54, 1.807) is 23.1 Å². The Morgan fingerprint density at radius 3 is 2.57 bits per heavy atom. The predicted molar refractivity (Wildman–Crippen MR) is 124 cm³/mol. The molecule has 1 aliphatic heterocycles. The van der Waals surface area contributed by atoms with Crippen molar-refractivity contribution in [3.63, 3.8) is 0 Å². The number of fused-ring (bicyclic) bond motifs is 1. The van der Waals surface area contributed by atoms with Crippen molar-refractivity contribution in [2.75, 3.05) is 32.1 Å². The molecular weight excluding hydrogens is 487 g/mol. The number of benzene rings is 2. The van der Waals surface area contributed by atoms with E-state index in [-0.39, 0.29) is 36.3 Å². The highest BCUT2D eigenvalue weighted by molar-refractivity contribution is 6.31. The van der Waals surface area contributed by atoms with Crippen LogP contribution in [0.25, 0.3) is 10.9 Å². The van der Waals surface area contributed by atoms with Gasteiger partial charge < -0.3 is 20.1 Å². The molecule has 0 saturated carbocycles. The van der Waals surface area contributed by atoms with E-state index in [4.69, 9.17) is 16.3 Å². The number of rotatable bonds is 5. The van der Waals surface area contributed by atoms with Gasteiger partial charge in [-0.2, -0.15) is 13.2 Å². The minimum Gasteiger partial charge on any atom is -0.464 e. The van der Waals surface area contributed by atoms with Crippen LogP contribution in [-0.2, 0) is 21.3 Å². The number of aromatic nitrogens is 1. The number of methoxy groups -OCH3 is 1. The Labute approximate surface area is 203 Å². The molecule has 1 saturated heterocycles. The van der Waals surface area contributed by atoms with Gasteiger partial charge in [0.05, 0.1) is 30.5 Å². The average Bonchev–Trinajstić information content (AvgIpc) is 3.17. The lowest BCUT2D eigenvalue weighted by atomic mass is 9.83. The number of halogens is 4. The number of anilines is 1. The van der Waals surface area contributed by atoms with Crippen molar-refractivity contribution in [1.29, 1.82) is 0 Å². The lowest BCUT2D eigenvalue weighted by molar-refractivity contribution is -0.137. The molecule has 7 nitrogen and oxygen atoms in total. The number of nitrogens with zero attached hydrogens (tertiary/aromatic N) is 1. The van der Waals surface area contributed by atoms with Crippen LogP contribution in [-0.4, -0.2) is 53.6 Å². The van der Waals surface area contributed by atoms with Crippen LogP contribution >= 0.6 is 11.6 Å². The van der Waals surface area contributed by atoms with Crippen molar-refractivity contribution in [1.82, 2.24) is 9.88 Å². The van der Waals surface area contributed by atoms with Gasteiger partial charge in [-0.25, -0.2) is 4.79 Å². The largest absolute Gasteiger partial charge is 0.464 e. The number of nitrogens with one attached hydrogen (secondary N) is 2. The van der Waals surface area contributed by atoms with Crippen molar-refractivity contribution in [3.05, 3.63) is 64.3 Å². The average molecular weight is 510 g/mol. The summed E-state index contributed by atoms with van der Waals surface area (Å²) in [5.41, 5.74) is -1.11. The number of piperidine rings is 1. The molecule has 0 radical (unpaired) electrons. The van der Waals surface area contributed by atoms with E-state index < -0.39 is 29.2 Å². The van der Waals surface area contributed by atoms with Crippen LogP contribution in [0, 0.1) is 0 Å². The number of aromatic amines is 1. The molecule has 1 aromatic heterocycles. The number of likely N-dealkylation sites (tertiary alicyclic amines) is 1. The zero-order valence-electron chi connectivity index (χ0n) is 18.7. The Balaban J connectivity index is 1.45. The minimum absolute atomic E-state index is 0.0352. The number of hydrogen-bond acceptors (Lipinski definition) is 5. The molecule has 1 aliphatic rings. The first kappa shape index (κ1) is 25.0. The van der Waals surface area contributed by atoms with Gasteiger partial charge in [-0.15, -0.1) is 0 Å². The van der Waals surface area contributed by atoms with Crippen LogP contribution in [0.4, 0.5) is 18.9 Å². The quantitative estimate of drug-likeness (QED) is 0.439. The molecule has 1 fully saturated rings.